The number of aliphatic hydroxyl groups excluding tert-OH is 1. The molecule has 1 atom stereocenters. The fraction of sp³-hybridized carbons (Fsp3) is 0.467. The number of nitrogens with zero attached hydrogens (tertiary/aromatic N) is 2. The molecule has 0 aromatic heterocycles. The highest BCUT2D eigenvalue weighted by atomic mass is 16.6. The zero-order chi connectivity index (χ0) is 14.9. The average Bonchev–Trinajstić information content (AvgIpc) is 2.36. The van der Waals surface area contributed by atoms with Gasteiger partial charge in [0.25, 0.3) is 0 Å². The Morgan fingerprint density at radius 3 is 2.80 bits per heavy atom. The monoisotopic (exact) mass is 274 g/mol. The van der Waals surface area contributed by atoms with E-state index in [0.717, 1.165) is 5.56 Å². The second kappa shape index (κ2) is 5.14. The van der Waals surface area contributed by atoms with E-state index in [0.29, 0.717) is 24.1 Å². The van der Waals surface area contributed by atoms with Gasteiger partial charge in [0, 0.05) is 12.1 Å². The number of carbonyl (C=O) groups is 1. The minimum absolute atomic E-state index is 0.373. The van der Waals surface area contributed by atoms with E-state index in [1.807, 2.05) is 0 Å². The van der Waals surface area contributed by atoms with Crippen molar-refractivity contribution in [2.45, 2.75) is 39.0 Å². The van der Waals surface area contributed by atoms with E-state index < -0.39 is 17.9 Å². The first-order chi connectivity index (χ1) is 9.31. The van der Waals surface area contributed by atoms with E-state index in [1.165, 1.54) is 4.90 Å². The van der Waals surface area contributed by atoms with Crippen molar-refractivity contribution >= 4 is 6.09 Å². The molecule has 1 N–H and O–H groups in total. The highest BCUT2D eigenvalue weighted by Gasteiger charge is 2.32. The van der Waals surface area contributed by atoms with Gasteiger partial charge in [-0.25, -0.2) is 4.79 Å². The van der Waals surface area contributed by atoms with Gasteiger partial charge in [0.1, 0.15) is 5.60 Å². The molecule has 2 rings (SSSR count). The summed E-state index contributed by atoms with van der Waals surface area (Å²) in [5.41, 5.74) is 1.51. The molecule has 0 radical (unpaired) electrons. The standard InChI is InChI=1S/C15H18N2O3/c1-15(2,3)20-14(19)17-7-6-11-8-10(9-16)4-5-12(11)13(17)18/h4-5,8,13,18H,6-7H2,1-3H3. The lowest BCUT2D eigenvalue weighted by atomic mass is 9.96. The SMILES string of the molecule is CC(C)(C)OC(=O)N1CCc2cc(C#N)ccc2C1O. The summed E-state index contributed by atoms with van der Waals surface area (Å²) >= 11 is 0. The van der Waals surface area contributed by atoms with Crippen LogP contribution in [0, 0.1) is 11.3 Å². The van der Waals surface area contributed by atoms with Gasteiger partial charge in [0.15, 0.2) is 6.23 Å². The van der Waals surface area contributed by atoms with Gasteiger partial charge in [-0.3, -0.25) is 4.90 Å². The van der Waals surface area contributed by atoms with E-state index in [-0.39, 0.29) is 0 Å². The van der Waals surface area contributed by atoms with E-state index in [2.05, 4.69) is 6.07 Å². The first-order valence-electron chi connectivity index (χ1n) is 6.52. The molecular formula is C15H18N2O3. The van der Waals surface area contributed by atoms with Crippen molar-refractivity contribution in [3.8, 4) is 6.07 Å². The van der Waals surface area contributed by atoms with Gasteiger partial charge in [-0.05, 0) is 44.9 Å². The van der Waals surface area contributed by atoms with Crippen LogP contribution in [0.5, 0.6) is 0 Å². The predicted octanol–water partition coefficient (Wildman–Crippen LogP) is 2.34. The molecule has 1 unspecified atom stereocenters. The van der Waals surface area contributed by atoms with Crippen LogP contribution in [0.25, 0.3) is 0 Å². The number of benzene rings is 1. The zero-order valence-corrected chi connectivity index (χ0v) is 11.9. The molecule has 0 fully saturated rings. The lowest BCUT2D eigenvalue weighted by Crippen LogP contribution is -2.43. The highest BCUT2D eigenvalue weighted by Crippen LogP contribution is 2.29. The molecular weight excluding hydrogens is 256 g/mol. The predicted molar refractivity (Wildman–Crippen MR) is 72.8 cm³/mol. The summed E-state index contributed by atoms with van der Waals surface area (Å²) in [4.78, 5) is 13.4. The number of hydrogen-bond donors (Lipinski definition) is 1. The Morgan fingerprint density at radius 2 is 2.20 bits per heavy atom. The molecule has 106 valence electrons. The van der Waals surface area contributed by atoms with Gasteiger partial charge >= 0.3 is 6.09 Å². The molecule has 0 bridgehead atoms. The highest BCUT2D eigenvalue weighted by molar-refractivity contribution is 5.69. The van der Waals surface area contributed by atoms with Crippen molar-refractivity contribution < 1.29 is 14.6 Å². The van der Waals surface area contributed by atoms with Crippen molar-refractivity contribution in [3.05, 3.63) is 34.9 Å². The van der Waals surface area contributed by atoms with Crippen molar-refractivity contribution in [1.29, 1.82) is 5.26 Å². The molecule has 0 saturated heterocycles. The molecule has 1 aromatic rings. The maximum atomic E-state index is 12.0. The number of fused-ring (bicyclic) bond motifs is 1. The van der Waals surface area contributed by atoms with Crippen LogP contribution in [-0.4, -0.2) is 28.2 Å². The molecule has 0 saturated carbocycles. The van der Waals surface area contributed by atoms with Crippen LogP contribution in [0.15, 0.2) is 18.2 Å². The fourth-order valence-corrected chi connectivity index (χ4v) is 2.19. The van der Waals surface area contributed by atoms with Gasteiger partial charge in [0.2, 0.25) is 0 Å². The van der Waals surface area contributed by atoms with Crippen LogP contribution >= 0.6 is 0 Å². The van der Waals surface area contributed by atoms with E-state index >= 15 is 0 Å². The Hall–Kier alpha value is -2.06. The third kappa shape index (κ3) is 2.91. The number of carbonyl (C=O) groups excluding carboxylic acids is 1. The second-order valence-electron chi connectivity index (χ2n) is 5.82. The van der Waals surface area contributed by atoms with Gasteiger partial charge < -0.3 is 9.84 Å². The number of ether oxygens (including phenoxy) is 1. The molecule has 1 heterocycles. The van der Waals surface area contributed by atoms with Gasteiger partial charge in [-0.2, -0.15) is 5.26 Å². The minimum Gasteiger partial charge on any atom is -0.444 e. The maximum Gasteiger partial charge on any atom is 0.412 e. The quantitative estimate of drug-likeness (QED) is 0.788. The normalized spacial score (nSPS) is 18.1. The van der Waals surface area contributed by atoms with Gasteiger partial charge in [-0.1, -0.05) is 6.07 Å². The summed E-state index contributed by atoms with van der Waals surface area (Å²) in [6.07, 6.45) is -0.956. The van der Waals surface area contributed by atoms with Gasteiger partial charge in [-0.15, -0.1) is 0 Å². The van der Waals surface area contributed by atoms with Crippen molar-refractivity contribution in [2.24, 2.45) is 0 Å². The third-order valence-corrected chi connectivity index (χ3v) is 3.10. The van der Waals surface area contributed by atoms with Crippen LogP contribution in [0.1, 0.15) is 43.7 Å². The average molecular weight is 274 g/mol. The summed E-state index contributed by atoms with van der Waals surface area (Å²) < 4.78 is 5.28. The fourth-order valence-electron chi connectivity index (χ4n) is 2.19. The minimum atomic E-state index is -1.03. The number of hydrogen-bond acceptors (Lipinski definition) is 4. The molecule has 0 aliphatic carbocycles. The van der Waals surface area contributed by atoms with E-state index in [1.54, 1.807) is 39.0 Å². The summed E-state index contributed by atoms with van der Waals surface area (Å²) in [5, 5.41) is 19.2. The number of nitriles is 1. The van der Waals surface area contributed by atoms with Crippen LogP contribution in [-0.2, 0) is 11.2 Å². The molecule has 5 heteroatoms. The lowest BCUT2D eigenvalue weighted by Gasteiger charge is -2.35. The van der Waals surface area contributed by atoms with E-state index in [9.17, 15) is 9.90 Å². The number of rotatable bonds is 0. The molecule has 20 heavy (non-hydrogen) atoms. The number of aliphatic hydroxyl groups is 1. The molecule has 0 spiro atoms. The summed E-state index contributed by atoms with van der Waals surface area (Å²) in [6, 6.07) is 7.15. The molecule has 1 aromatic carbocycles. The zero-order valence-electron chi connectivity index (χ0n) is 11.9. The molecule has 1 aliphatic rings. The Balaban J connectivity index is 2.22. The maximum absolute atomic E-state index is 12.0. The third-order valence-electron chi connectivity index (χ3n) is 3.10. The molecule has 5 nitrogen and oxygen atoms in total. The van der Waals surface area contributed by atoms with Crippen LogP contribution < -0.4 is 0 Å². The Morgan fingerprint density at radius 1 is 1.50 bits per heavy atom. The Bertz CT molecular complexity index is 569. The topological polar surface area (TPSA) is 73.6 Å². The van der Waals surface area contributed by atoms with Crippen molar-refractivity contribution in [1.82, 2.24) is 4.90 Å². The second-order valence-corrected chi connectivity index (χ2v) is 5.82. The van der Waals surface area contributed by atoms with Crippen LogP contribution in [0.3, 0.4) is 0 Å². The van der Waals surface area contributed by atoms with E-state index in [4.69, 9.17) is 10.00 Å². The summed E-state index contributed by atoms with van der Waals surface area (Å²) in [7, 11) is 0. The van der Waals surface area contributed by atoms with Gasteiger partial charge in [0.05, 0.1) is 11.6 Å². The van der Waals surface area contributed by atoms with Crippen LogP contribution in [0.2, 0.25) is 0 Å². The van der Waals surface area contributed by atoms with Crippen LogP contribution in [0.4, 0.5) is 4.79 Å². The Labute approximate surface area is 118 Å². The summed E-state index contributed by atoms with van der Waals surface area (Å²) in [6.45, 7) is 5.73. The molecule has 1 amide bonds. The largest absolute Gasteiger partial charge is 0.444 e. The number of amides is 1. The van der Waals surface area contributed by atoms with Crippen molar-refractivity contribution in [3.63, 3.8) is 0 Å². The first-order valence-corrected chi connectivity index (χ1v) is 6.52. The Kier molecular flexibility index (Phi) is 3.69. The van der Waals surface area contributed by atoms with Crippen molar-refractivity contribution in [2.75, 3.05) is 6.54 Å². The first kappa shape index (κ1) is 14.4. The smallest absolute Gasteiger partial charge is 0.412 e. The lowest BCUT2D eigenvalue weighted by molar-refractivity contribution is -0.0358. The summed E-state index contributed by atoms with van der Waals surface area (Å²) in [5.74, 6) is 0. The molecule has 1 aliphatic heterocycles.